The van der Waals surface area contributed by atoms with Crippen LogP contribution in [0.4, 0.5) is 17.3 Å². The van der Waals surface area contributed by atoms with E-state index in [1.165, 1.54) is 11.2 Å². The van der Waals surface area contributed by atoms with Crippen LogP contribution in [0.25, 0.3) is 32.2 Å². The number of pyridine rings is 1. The molecule has 4 aromatic heterocycles. The second kappa shape index (κ2) is 21.5. The number of ether oxygens (including phenoxy) is 2. The van der Waals surface area contributed by atoms with Crippen LogP contribution in [0.5, 0.6) is 0 Å². The Morgan fingerprint density at radius 2 is 1.82 bits per heavy atom. The largest absolute Gasteiger partial charge is 0.391 e. The highest BCUT2D eigenvalue weighted by Gasteiger charge is 2.44. The lowest BCUT2D eigenvalue weighted by Gasteiger charge is -2.34. The van der Waals surface area contributed by atoms with Crippen molar-refractivity contribution in [2.24, 2.45) is 17.1 Å². The number of carbonyl (C=O) groups excluding carboxylic acids is 3. The summed E-state index contributed by atoms with van der Waals surface area (Å²) in [6.07, 6.45) is 6.67. The molecule has 1 saturated carbocycles. The number of aliphatic hydroxyl groups excluding tert-OH is 1. The molecule has 5 atom stereocenters. The van der Waals surface area contributed by atoms with Gasteiger partial charge in [-0.05, 0) is 54.5 Å². The van der Waals surface area contributed by atoms with Crippen molar-refractivity contribution in [1.82, 2.24) is 34.7 Å². The number of carbonyl (C=O) groups is 3. The third-order valence-corrected chi connectivity index (χ3v) is 14.0. The van der Waals surface area contributed by atoms with Gasteiger partial charge in [-0.1, -0.05) is 63.9 Å². The van der Waals surface area contributed by atoms with Crippen LogP contribution < -0.4 is 27.2 Å². The van der Waals surface area contributed by atoms with Crippen molar-refractivity contribution in [2.75, 3.05) is 43.6 Å². The second-order valence-electron chi connectivity index (χ2n) is 19.0. The van der Waals surface area contributed by atoms with Crippen LogP contribution in [0.1, 0.15) is 70.6 Å². The zero-order valence-electron chi connectivity index (χ0n) is 39.1. The second-order valence-corrected chi connectivity index (χ2v) is 19.8. The molecule has 68 heavy (non-hydrogen) atoms. The molecule has 17 nitrogen and oxygen atoms in total. The van der Waals surface area contributed by atoms with E-state index in [0.29, 0.717) is 35.7 Å². The van der Waals surface area contributed by atoms with Crippen molar-refractivity contribution in [1.29, 1.82) is 0 Å². The first kappa shape index (κ1) is 48.4. The summed E-state index contributed by atoms with van der Waals surface area (Å²) in [5.41, 5.74) is 12.5. The molecule has 2 fully saturated rings. The SMILES string of the molecule is Cc1ncsc1-c1ccc(CNC(=O)[C@@H]2C[C@@H](O)CN2C(=O)[C@@H](CC(=O)COCCOCCn2ccc3c(Nc4nc(N[C@@H]5CCCC[C@@H]5N)cc5nc[nH]c(=O)c45)cccc32)C(C)(C)C)cc1. The highest BCUT2D eigenvalue weighted by Crippen LogP contribution is 2.35. The lowest BCUT2D eigenvalue weighted by Crippen LogP contribution is -2.50. The van der Waals surface area contributed by atoms with Gasteiger partial charge in [0.05, 0.1) is 59.4 Å². The number of Topliss-reactive ketones (excluding diaryl/α,β-unsaturated/α-hetero) is 1. The number of aromatic nitrogens is 5. The van der Waals surface area contributed by atoms with Crippen LogP contribution in [0.15, 0.2) is 77.4 Å². The molecule has 1 aliphatic carbocycles. The number of aryl methyl sites for hydroxylation is 1. The minimum Gasteiger partial charge on any atom is -0.391 e. The number of likely N-dealkylation sites (tertiary alicyclic amines) is 1. The summed E-state index contributed by atoms with van der Waals surface area (Å²) < 4.78 is 13.7. The molecule has 6 aromatic rings. The maximum Gasteiger partial charge on any atom is 0.262 e. The van der Waals surface area contributed by atoms with Crippen LogP contribution in [-0.2, 0) is 36.9 Å². The van der Waals surface area contributed by atoms with Gasteiger partial charge in [0.2, 0.25) is 11.8 Å². The number of hydrogen-bond donors (Lipinski definition) is 6. The summed E-state index contributed by atoms with van der Waals surface area (Å²) in [6, 6.07) is 16.8. The van der Waals surface area contributed by atoms with Crippen LogP contribution in [0.2, 0.25) is 0 Å². The van der Waals surface area contributed by atoms with E-state index < -0.39 is 23.5 Å². The zero-order chi connectivity index (χ0) is 48.0. The molecule has 8 rings (SSSR count). The summed E-state index contributed by atoms with van der Waals surface area (Å²) in [5.74, 6) is -0.653. The van der Waals surface area contributed by atoms with Gasteiger partial charge in [0.15, 0.2) is 5.78 Å². The fourth-order valence-corrected chi connectivity index (χ4v) is 10.0. The Bertz CT molecular complexity index is 2780. The molecule has 7 N–H and O–H groups in total. The van der Waals surface area contributed by atoms with Crippen molar-refractivity contribution >= 4 is 68.1 Å². The average Bonchev–Trinajstić information content (AvgIpc) is 4.06. The molecular weight excluding hydrogens is 885 g/mol. The average molecular weight is 947 g/mol. The monoisotopic (exact) mass is 946 g/mol. The number of anilines is 3. The van der Waals surface area contributed by atoms with Crippen molar-refractivity contribution in [3.05, 3.63) is 94.2 Å². The number of thiazole rings is 1. The first-order chi connectivity index (χ1) is 32.7. The molecular formula is C50H62N10O7S. The Morgan fingerprint density at radius 1 is 1.03 bits per heavy atom. The van der Waals surface area contributed by atoms with E-state index in [-0.39, 0.29) is 81.0 Å². The summed E-state index contributed by atoms with van der Waals surface area (Å²) in [5, 5.41) is 21.8. The summed E-state index contributed by atoms with van der Waals surface area (Å²) >= 11 is 1.58. The fraction of sp³-hybridized carbons (Fsp3) is 0.460. The predicted octanol–water partition coefficient (Wildman–Crippen LogP) is 6.06. The Hall–Kier alpha value is -6.05. The molecule has 2 amide bonds. The van der Waals surface area contributed by atoms with Crippen LogP contribution in [0, 0.1) is 18.3 Å². The van der Waals surface area contributed by atoms with Gasteiger partial charge in [0.25, 0.3) is 5.56 Å². The molecule has 1 saturated heterocycles. The molecule has 0 radical (unpaired) electrons. The molecule has 2 aliphatic rings. The topological polar surface area (TPSA) is 232 Å². The number of fused-ring (bicyclic) bond motifs is 2. The van der Waals surface area contributed by atoms with Crippen molar-refractivity contribution in [2.45, 2.75) is 104 Å². The van der Waals surface area contributed by atoms with Gasteiger partial charge >= 0.3 is 0 Å². The number of nitrogens with zero attached hydrogens (tertiary/aromatic N) is 5. The number of hydrogen-bond acceptors (Lipinski definition) is 14. The Kier molecular flexibility index (Phi) is 15.3. The summed E-state index contributed by atoms with van der Waals surface area (Å²) in [7, 11) is 0. The van der Waals surface area contributed by atoms with E-state index in [0.717, 1.165) is 64.0 Å². The van der Waals surface area contributed by atoms with E-state index in [1.54, 1.807) is 17.4 Å². The quantitative estimate of drug-likeness (QED) is 0.0508. The molecule has 0 spiro atoms. The van der Waals surface area contributed by atoms with Crippen LogP contribution in [0.3, 0.4) is 0 Å². The van der Waals surface area contributed by atoms with Crippen molar-refractivity contribution in [3.8, 4) is 10.4 Å². The minimum atomic E-state index is -0.854. The maximum absolute atomic E-state index is 14.1. The van der Waals surface area contributed by atoms with E-state index in [9.17, 15) is 24.3 Å². The van der Waals surface area contributed by atoms with Gasteiger partial charge in [-0.3, -0.25) is 19.2 Å². The molecule has 18 heteroatoms. The molecule has 360 valence electrons. The number of aliphatic hydroxyl groups is 1. The first-order valence-corrected chi connectivity index (χ1v) is 24.3. The number of amides is 2. The molecule has 2 aromatic carbocycles. The summed E-state index contributed by atoms with van der Waals surface area (Å²) in [6.45, 7) is 9.14. The normalized spacial score (nSPS) is 19.1. The lowest BCUT2D eigenvalue weighted by molar-refractivity contribution is -0.146. The van der Waals surface area contributed by atoms with E-state index in [1.807, 2.05) is 87.9 Å². The third-order valence-electron chi connectivity index (χ3n) is 13.0. The van der Waals surface area contributed by atoms with E-state index >= 15 is 0 Å². The molecule has 5 heterocycles. The summed E-state index contributed by atoms with van der Waals surface area (Å²) in [4.78, 5) is 72.7. The molecule has 1 aliphatic heterocycles. The third kappa shape index (κ3) is 11.4. The van der Waals surface area contributed by atoms with Gasteiger partial charge in [-0.15, -0.1) is 11.3 Å². The number of nitrogens with one attached hydrogen (secondary N) is 4. The predicted molar refractivity (Wildman–Crippen MR) is 264 cm³/mol. The Labute approximate surface area is 399 Å². The van der Waals surface area contributed by atoms with Gasteiger partial charge in [0.1, 0.15) is 29.7 Å². The number of aromatic amines is 1. The number of β-amino-alcohol motifs (C(OH)–C–C–N with tert-alkyl or cyclic N) is 1. The fourth-order valence-electron chi connectivity index (χ4n) is 9.22. The van der Waals surface area contributed by atoms with Gasteiger partial charge < -0.3 is 50.7 Å². The van der Waals surface area contributed by atoms with Gasteiger partial charge in [-0.25, -0.2) is 15.0 Å². The van der Waals surface area contributed by atoms with E-state index in [2.05, 4.69) is 35.5 Å². The van der Waals surface area contributed by atoms with Crippen LogP contribution >= 0.6 is 11.3 Å². The highest BCUT2D eigenvalue weighted by atomic mass is 32.1. The van der Waals surface area contributed by atoms with Crippen molar-refractivity contribution in [3.63, 3.8) is 0 Å². The highest BCUT2D eigenvalue weighted by molar-refractivity contribution is 7.13. The van der Waals surface area contributed by atoms with Crippen molar-refractivity contribution < 1.29 is 29.0 Å². The Morgan fingerprint density at radius 3 is 2.59 bits per heavy atom. The maximum atomic E-state index is 14.1. The number of rotatable bonds is 19. The zero-order valence-corrected chi connectivity index (χ0v) is 39.9. The molecule has 0 unspecified atom stereocenters. The smallest absolute Gasteiger partial charge is 0.262 e. The van der Waals surface area contributed by atoms with Gasteiger partial charge in [-0.2, -0.15) is 0 Å². The lowest BCUT2D eigenvalue weighted by atomic mass is 9.77. The number of benzene rings is 2. The Balaban J connectivity index is 0.801. The number of nitrogens with two attached hydrogens (primary N) is 1. The number of ketones is 1. The standard InChI is InChI=1S/C50H62N10O7S/c1-30-45(68-29-55-30)32-14-12-31(13-15-32)25-52-47(63)42-23-33(61)26-60(42)49(65)36(50(2,3)4)22-34(62)27-67-21-20-66-19-18-59-17-16-35-38(10-7-11-41(35)59)57-46-44-40(53-28-54-48(44)64)24-43(58-46)56-39-9-6-5-8-37(39)51/h7,10-17,24,28-29,33,36-37,39,42,61H,5-6,8-9,18-23,25-27,51H2,1-4H3,(H,52,63)(H,53,54,64)(H2,56,57,58)/t33-,36-,37+,39-,42+/m1/s1. The number of H-pyrrole nitrogens is 1. The van der Waals surface area contributed by atoms with Gasteiger partial charge in [0, 0.05) is 73.8 Å². The minimum absolute atomic E-state index is 0.0172. The van der Waals surface area contributed by atoms with E-state index in [4.69, 9.17) is 20.2 Å². The van der Waals surface area contributed by atoms with Crippen LogP contribution in [-0.4, -0.2) is 109 Å². The molecule has 0 bridgehead atoms. The first-order valence-electron chi connectivity index (χ1n) is 23.4.